The Balaban J connectivity index is 2.57. The number of rotatable bonds is 7. The van der Waals surface area contributed by atoms with Crippen LogP contribution in [-0.4, -0.2) is 35.1 Å². The molecule has 1 rings (SSSR count). The van der Waals surface area contributed by atoms with Gasteiger partial charge in [0, 0.05) is 19.2 Å². The molecule has 0 saturated carbocycles. The zero-order valence-electron chi connectivity index (χ0n) is 11.1. The van der Waals surface area contributed by atoms with Gasteiger partial charge in [-0.05, 0) is 31.8 Å². The van der Waals surface area contributed by atoms with Crippen molar-refractivity contribution in [1.82, 2.24) is 9.97 Å². The number of hydrogen-bond donors (Lipinski definition) is 2. The van der Waals surface area contributed by atoms with Crippen LogP contribution < -0.4 is 10.6 Å². The zero-order chi connectivity index (χ0) is 12.7. The van der Waals surface area contributed by atoms with Crippen molar-refractivity contribution in [3.05, 3.63) is 11.9 Å². The Hall–Kier alpha value is -0.970. The molecule has 1 aromatic heterocycles. The zero-order valence-corrected chi connectivity index (χ0v) is 11.9. The van der Waals surface area contributed by atoms with E-state index in [0.717, 1.165) is 36.3 Å². The lowest BCUT2D eigenvalue weighted by Gasteiger charge is -2.13. The van der Waals surface area contributed by atoms with Crippen LogP contribution in [0.3, 0.4) is 0 Å². The summed E-state index contributed by atoms with van der Waals surface area (Å²) >= 11 is 1.87. The van der Waals surface area contributed by atoms with Crippen molar-refractivity contribution in [1.29, 1.82) is 0 Å². The second kappa shape index (κ2) is 7.37. The number of aromatic nitrogens is 2. The molecule has 2 N–H and O–H groups in total. The van der Waals surface area contributed by atoms with Gasteiger partial charge in [0.2, 0.25) is 0 Å². The molecule has 96 valence electrons. The summed E-state index contributed by atoms with van der Waals surface area (Å²) in [5, 5.41) is 6.57. The Kier molecular flexibility index (Phi) is 6.11. The SMILES string of the molecule is CCNc1cc(NCC(C)CSC)nc(C)n1. The monoisotopic (exact) mass is 254 g/mol. The molecule has 5 heteroatoms. The predicted octanol–water partition coefficient (Wildman–Crippen LogP) is 2.63. The molecular formula is C12H22N4S. The molecule has 0 spiro atoms. The van der Waals surface area contributed by atoms with Gasteiger partial charge in [0.25, 0.3) is 0 Å². The highest BCUT2D eigenvalue weighted by molar-refractivity contribution is 7.98. The van der Waals surface area contributed by atoms with Gasteiger partial charge in [0.05, 0.1) is 0 Å². The minimum atomic E-state index is 0.642. The second-order valence-electron chi connectivity index (χ2n) is 4.16. The summed E-state index contributed by atoms with van der Waals surface area (Å²) in [7, 11) is 0. The maximum atomic E-state index is 4.38. The van der Waals surface area contributed by atoms with Gasteiger partial charge in [0.15, 0.2) is 0 Å². The van der Waals surface area contributed by atoms with E-state index in [1.54, 1.807) is 0 Å². The van der Waals surface area contributed by atoms with Gasteiger partial charge in [-0.25, -0.2) is 9.97 Å². The molecule has 0 aromatic carbocycles. The summed E-state index contributed by atoms with van der Waals surface area (Å²) in [6.45, 7) is 8.03. The first kappa shape index (κ1) is 14.1. The molecule has 0 aliphatic heterocycles. The molecule has 0 saturated heterocycles. The average Bonchev–Trinajstić information content (AvgIpc) is 2.26. The van der Waals surface area contributed by atoms with Crippen LogP contribution in [0.4, 0.5) is 11.6 Å². The molecule has 0 bridgehead atoms. The highest BCUT2D eigenvalue weighted by Gasteiger charge is 2.04. The third kappa shape index (κ3) is 5.26. The lowest BCUT2D eigenvalue weighted by Crippen LogP contribution is -2.15. The van der Waals surface area contributed by atoms with Crippen molar-refractivity contribution in [2.24, 2.45) is 5.92 Å². The second-order valence-corrected chi connectivity index (χ2v) is 5.07. The molecular weight excluding hydrogens is 232 g/mol. The summed E-state index contributed by atoms with van der Waals surface area (Å²) in [6.07, 6.45) is 2.13. The number of thioether (sulfide) groups is 1. The number of nitrogens with one attached hydrogen (secondary N) is 2. The molecule has 0 fully saturated rings. The number of hydrogen-bond acceptors (Lipinski definition) is 5. The minimum absolute atomic E-state index is 0.642. The lowest BCUT2D eigenvalue weighted by atomic mass is 10.2. The predicted molar refractivity (Wildman–Crippen MR) is 77.0 cm³/mol. The van der Waals surface area contributed by atoms with Crippen molar-refractivity contribution in [3.8, 4) is 0 Å². The Morgan fingerprint density at radius 3 is 2.53 bits per heavy atom. The minimum Gasteiger partial charge on any atom is -0.370 e. The summed E-state index contributed by atoms with van der Waals surface area (Å²) in [6, 6.07) is 1.96. The van der Waals surface area contributed by atoms with Crippen LogP contribution in [0.1, 0.15) is 19.7 Å². The van der Waals surface area contributed by atoms with E-state index < -0.39 is 0 Å². The first-order valence-electron chi connectivity index (χ1n) is 5.98. The van der Waals surface area contributed by atoms with Gasteiger partial charge in [-0.3, -0.25) is 0 Å². The van der Waals surface area contributed by atoms with Crippen LogP contribution in [-0.2, 0) is 0 Å². The number of nitrogens with zero attached hydrogens (tertiary/aromatic N) is 2. The summed E-state index contributed by atoms with van der Waals surface area (Å²) in [5.41, 5.74) is 0. The first-order valence-corrected chi connectivity index (χ1v) is 7.37. The quantitative estimate of drug-likeness (QED) is 0.783. The normalized spacial score (nSPS) is 12.2. The van der Waals surface area contributed by atoms with Crippen molar-refractivity contribution >= 4 is 23.4 Å². The van der Waals surface area contributed by atoms with E-state index in [1.165, 1.54) is 0 Å². The summed E-state index contributed by atoms with van der Waals surface area (Å²) < 4.78 is 0. The molecule has 0 aliphatic carbocycles. The van der Waals surface area contributed by atoms with Crippen LogP contribution in [0.2, 0.25) is 0 Å². The highest BCUT2D eigenvalue weighted by atomic mass is 32.2. The fourth-order valence-electron chi connectivity index (χ4n) is 1.55. The topological polar surface area (TPSA) is 49.8 Å². The number of anilines is 2. The maximum Gasteiger partial charge on any atom is 0.131 e. The largest absolute Gasteiger partial charge is 0.370 e. The molecule has 0 radical (unpaired) electrons. The maximum absolute atomic E-state index is 4.38. The Bertz CT molecular complexity index is 343. The van der Waals surface area contributed by atoms with Gasteiger partial charge in [0.1, 0.15) is 17.5 Å². The van der Waals surface area contributed by atoms with Crippen LogP contribution in [0, 0.1) is 12.8 Å². The highest BCUT2D eigenvalue weighted by Crippen LogP contribution is 2.12. The Labute approximate surface area is 108 Å². The van der Waals surface area contributed by atoms with Gasteiger partial charge >= 0.3 is 0 Å². The van der Waals surface area contributed by atoms with Gasteiger partial charge in [-0.2, -0.15) is 11.8 Å². The average molecular weight is 254 g/mol. The van der Waals surface area contributed by atoms with Crippen molar-refractivity contribution in [2.45, 2.75) is 20.8 Å². The summed E-state index contributed by atoms with van der Waals surface area (Å²) in [5.74, 6) is 4.39. The Morgan fingerprint density at radius 2 is 1.94 bits per heavy atom. The molecule has 1 aromatic rings. The Morgan fingerprint density at radius 1 is 1.29 bits per heavy atom. The molecule has 4 nitrogen and oxygen atoms in total. The van der Waals surface area contributed by atoms with E-state index in [9.17, 15) is 0 Å². The van der Waals surface area contributed by atoms with Crippen LogP contribution in [0.5, 0.6) is 0 Å². The molecule has 1 atom stereocenters. The number of aryl methyl sites for hydroxylation is 1. The van der Waals surface area contributed by atoms with Crippen molar-refractivity contribution < 1.29 is 0 Å². The van der Waals surface area contributed by atoms with E-state index in [2.05, 4.69) is 40.7 Å². The first-order chi connectivity index (χ1) is 8.15. The van der Waals surface area contributed by atoms with Gasteiger partial charge in [-0.1, -0.05) is 6.92 Å². The van der Waals surface area contributed by atoms with Crippen molar-refractivity contribution in [3.63, 3.8) is 0 Å². The molecule has 1 unspecified atom stereocenters. The van der Waals surface area contributed by atoms with E-state index in [-0.39, 0.29) is 0 Å². The molecule has 17 heavy (non-hydrogen) atoms. The molecule has 0 aliphatic rings. The fourth-order valence-corrected chi connectivity index (χ4v) is 2.24. The van der Waals surface area contributed by atoms with E-state index in [0.29, 0.717) is 5.92 Å². The molecule has 0 amide bonds. The van der Waals surface area contributed by atoms with E-state index in [1.807, 2.05) is 24.8 Å². The van der Waals surface area contributed by atoms with E-state index in [4.69, 9.17) is 0 Å². The lowest BCUT2D eigenvalue weighted by molar-refractivity contribution is 0.699. The van der Waals surface area contributed by atoms with E-state index >= 15 is 0 Å². The molecule has 1 heterocycles. The van der Waals surface area contributed by atoms with Crippen LogP contribution in [0.25, 0.3) is 0 Å². The third-order valence-electron chi connectivity index (χ3n) is 2.28. The third-order valence-corrected chi connectivity index (χ3v) is 3.18. The van der Waals surface area contributed by atoms with Crippen LogP contribution >= 0.6 is 11.8 Å². The fraction of sp³-hybridized carbons (Fsp3) is 0.667. The summed E-state index contributed by atoms with van der Waals surface area (Å²) in [4.78, 5) is 8.70. The smallest absolute Gasteiger partial charge is 0.131 e. The van der Waals surface area contributed by atoms with Crippen molar-refractivity contribution in [2.75, 3.05) is 35.7 Å². The van der Waals surface area contributed by atoms with Gasteiger partial charge < -0.3 is 10.6 Å². The van der Waals surface area contributed by atoms with Gasteiger partial charge in [-0.15, -0.1) is 0 Å². The standard InChI is InChI=1S/C12H22N4S/c1-5-13-11-6-12(16-10(3)15-11)14-7-9(2)8-17-4/h6,9H,5,7-8H2,1-4H3,(H2,13,14,15,16). The van der Waals surface area contributed by atoms with Crippen LogP contribution in [0.15, 0.2) is 6.07 Å².